The fourth-order valence-corrected chi connectivity index (χ4v) is 6.15. The predicted octanol–water partition coefficient (Wildman–Crippen LogP) is 4.40. The molecule has 0 spiro atoms. The van der Waals surface area contributed by atoms with Crippen molar-refractivity contribution >= 4 is 34.7 Å². The van der Waals surface area contributed by atoms with Crippen LogP contribution in [0.5, 0.6) is 5.75 Å². The Morgan fingerprint density at radius 2 is 1.58 bits per heavy atom. The molecule has 5 rings (SSSR count). The van der Waals surface area contributed by atoms with Crippen molar-refractivity contribution in [2.24, 2.45) is 0 Å². The van der Waals surface area contributed by atoms with Gasteiger partial charge in [0.2, 0.25) is 11.8 Å². The van der Waals surface area contributed by atoms with Gasteiger partial charge in [-0.05, 0) is 60.1 Å². The van der Waals surface area contributed by atoms with Gasteiger partial charge < -0.3 is 30.5 Å². The molecule has 1 saturated heterocycles. The quantitative estimate of drug-likeness (QED) is 0.188. The zero-order chi connectivity index (χ0) is 36.9. The second kappa shape index (κ2) is 18.7. The van der Waals surface area contributed by atoms with Crippen LogP contribution in [0.25, 0.3) is 10.8 Å². The molecule has 12 nitrogen and oxygen atoms in total. The first-order valence-corrected chi connectivity index (χ1v) is 17.8. The van der Waals surface area contributed by atoms with E-state index in [1.165, 1.54) is 0 Å². The van der Waals surface area contributed by atoms with Gasteiger partial charge in [0.05, 0.1) is 6.54 Å². The number of carbonyl (C=O) groups is 4. The van der Waals surface area contributed by atoms with E-state index in [1.54, 1.807) is 39.2 Å². The largest absolute Gasteiger partial charge is 0.412 e. The molecule has 0 aromatic heterocycles. The van der Waals surface area contributed by atoms with Crippen LogP contribution >= 0.6 is 0 Å². The summed E-state index contributed by atoms with van der Waals surface area (Å²) in [7, 11) is 3.84. The lowest BCUT2D eigenvalue weighted by Gasteiger charge is -2.35. The summed E-state index contributed by atoms with van der Waals surface area (Å²) in [5.74, 6) is -0.221. The van der Waals surface area contributed by atoms with E-state index in [1.807, 2.05) is 98.7 Å². The first-order valence-electron chi connectivity index (χ1n) is 17.8. The standard InChI is InChI=1S/C40H49N7O5/c1-4-22-47(39(50)42-27-31-11-6-5-7-12-31)46-25-24-45(28-33-15-10-14-32-13-8-9-16-35(32)33)38(49)36(43-37(48)29-46)26-30-17-19-34(20-18-30)52-40(51)41-21-23-44(2)3/h5-20,36H,4,21-29H2,1-3H3,(H,41,51)(H,42,50)(H,43,48)/t36-/m0/s1. The van der Waals surface area contributed by atoms with Crippen molar-refractivity contribution < 1.29 is 23.9 Å². The molecule has 0 unspecified atom stereocenters. The van der Waals surface area contributed by atoms with Crippen LogP contribution in [0.1, 0.15) is 30.0 Å². The molecular weight excluding hydrogens is 658 g/mol. The molecule has 0 saturated carbocycles. The Morgan fingerprint density at radius 1 is 0.846 bits per heavy atom. The normalized spacial score (nSPS) is 15.4. The Morgan fingerprint density at radius 3 is 2.33 bits per heavy atom. The molecule has 0 radical (unpaired) electrons. The zero-order valence-corrected chi connectivity index (χ0v) is 30.2. The number of amides is 5. The van der Waals surface area contributed by atoms with Gasteiger partial charge in [0.15, 0.2) is 0 Å². The number of rotatable bonds is 13. The summed E-state index contributed by atoms with van der Waals surface area (Å²) < 4.78 is 5.41. The highest BCUT2D eigenvalue weighted by molar-refractivity contribution is 5.90. The third kappa shape index (κ3) is 10.8. The highest BCUT2D eigenvalue weighted by Gasteiger charge is 2.32. The zero-order valence-electron chi connectivity index (χ0n) is 30.2. The number of carbonyl (C=O) groups excluding carboxylic acids is 4. The molecule has 1 aliphatic heterocycles. The van der Waals surface area contributed by atoms with E-state index in [-0.39, 0.29) is 43.9 Å². The van der Waals surface area contributed by atoms with Crippen molar-refractivity contribution in [2.75, 3.05) is 53.4 Å². The average Bonchev–Trinajstić information content (AvgIpc) is 3.19. The minimum Gasteiger partial charge on any atom is -0.410 e. The number of likely N-dealkylation sites (N-methyl/N-ethyl adjacent to an activating group) is 1. The molecule has 52 heavy (non-hydrogen) atoms. The second-order valence-electron chi connectivity index (χ2n) is 13.1. The van der Waals surface area contributed by atoms with Gasteiger partial charge in [0, 0.05) is 52.2 Å². The van der Waals surface area contributed by atoms with Gasteiger partial charge in [0.25, 0.3) is 0 Å². The van der Waals surface area contributed by atoms with Gasteiger partial charge in [-0.2, -0.15) is 0 Å². The molecule has 1 aliphatic rings. The van der Waals surface area contributed by atoms with E-state index >= 15 is 0 Å². The molecule has 274 valence electrons. The van der Waals surface area contributed by atoms with Crippen LogP contribution in [0.3, 0.4) is 0 Å². The number of nitrogens with one attached hydrogen (secondary N) is 3. The Hall–Kier alpha value is -5.46. The van der Waals surface area contributed by atoms with Gasteiger partial charge in [-0.15, -0.1) is 0 Å². The Bertz CT molecular complexity index is 1800. The summed E-state index contributed by atoms with van der Waals surface area (Å²) in [5, 5.41) is 14.1. The monoisotopic (exact) mass is 707 g/mol. The lowest BCUT2D eigenvalue weighted by atomic mass is 10.0. The van der Waals surface area contributed by atoms with Crippen molar-refractivity contribution in [1.82, 2.24) is 35.8 Å². The lowest BCUT2D eigenvalue weighted by Crippen LogP contribution is -2.55. The maximum Gasteiger partial charge on any atom is 0.412 e. The number of fused-ring (bicyclic) bond motifs is 1. The minimum absolute atomic E-state index is 0.0969. The van der Waals surface area contributed by atoms with Crippen LogP contribution < -0.4 is 20.7 Å². The van der Waals surface area contributed by atoms with Crippen LogP contribution in [-0.4, -0.2) is 103 Å². The molecule has 5 amide bonds. The number of benzene rings is 4. The number of hydrogen-bond donors (Lipinski definition) is 3. The second-order valence-corrected chi connectivity index (χ2v) is 13.1. The van der Waals surface area contributed by atoms with Crippen LogP contribution in [0.2, 0.25) is 0 Å². The Balaban J connectivity index is 1.36. The van der Waals surface area contributed by atoms with Gasteiger partial charge in [-0.3, -0.25) is 14.6 Å². The summed E-state index contributed by atoms with van der Waals surface area (Å²) in [6, 6.07) is 29.5. The van der Waals surface area contributed by atoms with Crippen LogP contribution in [0, 0.1) is 0 Å². The number of hydrogen-bond acceptors (Lipinski definition) is 7. The average molecular weight is 708 g/mol. The number of nitrogens with zero attached hydrogens (tertiary/aromatic N) is 4. The first-order chi connectivity index (χ1) is 25.2. The SMILES string of the molecule is CCCN(C(=O)NCc1ccccc1)N1CCN(Cc2cccc3ccccc23)C(=O)[C@H](Cc2ccc(OC(=O)NCCN(C)C)cc2)NC(=O)C1. The maximum atomic E-state index is 14.4. The third-order valence-electron chi connectivity index (χ3n) is 8.84. The fraction of sp³-hybridized carbons (Fsp3) is 0.350. The van der Waals surface area contributed by atoms with E-state index in [0.717, 1.165) is 27.5 Å². The van der Waals surface area contributed by atoms with E-state index < -0.39 is 12.1 Å². The molecule has 1 fully saturated rings. The predicted molar refractivity (Wildman–Crippen MR) is 201 cm³/mol. The minimum atomic E-state index is -0.866. The lowest BCUT2D eigenvalue weighted by molar-refractivity contribution is -0.136. The summed E-state index contributed by atoms with van der Waals surface area (Å²) in [4.78, 5) is 57.6. The van der Waals surface area contributed by atoms with Gasteiger partial charge in [-0.25, -0.2) is 14.6 Å². The molecular formula is C40H49N7O5. The smallest absolute Gasteiger partial charge is 0.410 e. The van der Waals surface area contributed by atoms with Crippen LogP contribution in [-0.2, 0) is 29.1 Å². The molecule has 12 heteroatoms. The number of hydrazine groups is 1. The highest BCUT2D eigenvalue weighted by atomic mass is 16.6. The number of ether oxygens (including phenoxy) is 1. The van der Waals surface area contributed by atoms with E-state index in [4.69, 9.17) is 4.74 Å². The van der Waals surface area contributed by atoms with E-state index in [0.29, 0.717) is 44.9 Å². The molecule has 1 heterocycles. The summed E-state index contributed by atoms with van der Waals surface area (Å²) in [6.45, 7) is 4.65. The topological polar surface area (TPSA) is 127 Å². The van der Waals surface area contributed by atoms with Gasteiger partial charge in [0.1, 0.15) is 11.8 Å². The Kier molecular flexibility index (Phi) is 13.6. The van der Waals surface area contributed by atoms with Crippen molar-refractivity contribution in [2.45, 2.75) is 38.9 Å². The molecule has 4 aromatic carbocycles. The summed E-state index contributed by atoms with van der Waals surface area (Å²) in [5.41, 5.74) is 2.74. The highest BCUT2D eigenvalue weighted by Crippen LogP contribution is 2.22. The Labute approximate surface area is 305 Å². The van der Waals surface area contributed by atoms with Crippen LogP contribution in [0.15, 0.2) is 97.1 Å². The molecule has 0 aliphatic carbocycles. The molecule has 3 N–H and O–H groups in total. The van der Waals surface area contributed by atoms with Crippen molar-refractivity contribution in [3.63, 3.8) is 0 Å². The molecule has 1 atom stereocenters. The van der Waals surface area contributed by atoms with Crippen LogP contribution in [0.4, 0.5) is 9.59 Å². The van der Waals surface area contributed by atoms with Crippen molar-refractivity contribution in [3.05, 3.63) is 114 Å². The summed E-state index contributed by atoms with van der Waals surface area (Å²) in [6.07, 6.45) is 0.352. The van der Waals surface area contributed by atoms with Crippen molar-refractivity contribution in [3.8, 4) is 5.75 Å². The van der Waals surface area contributed by atoms with Crippen molar-refractivity contribution in [1.29, 1.82) is 0 Å². The van der Waals surface area contributed by atoms with Gasteiger partial charge in [-0.1, -0.05) is 91.9 Å². The molecule has 0 bridgehead atoms. The summed E-state index contributed by atoms with van der Waals surface area (Å²) >= 11 is 0. The van der Waals surface area contributed by atoms with E-state index in [2.05, 4.69) is 16.0 Å². The van der Waals surface area contributed by atoms with Gasteiger partial charge >= 0.3 is 12.1 Å². The first kappa shape index (κ1) is 37.8. The molecule has 4 aromatic rings. The fourth-order valence-electron chi connectivity index (χ4n) is 6.15. The maximum absolute atomic E-state index is 14.4. The van der Waals surface area contributed by atoms with E-state index in [9.17, 15) is 19.2 Å². The third-order valence-corrected chi connectivity index (χ3v) is 8.84. The number of urea groups is 1.